The van der Waals surface area contributed by atoms with Gasteiger partial charge in [-0.2, -0.15) is 11.8 Å². The molecular formula is C56H74O3S. The molecule has 0 heterocycles. The maximum Gasteiger partial charge on any atom is 0.135 e. The summed E-state index contributed by atoms with van der Waals surface area (Å²) in [7, 11) is 0. The van der Waals surface area contributed by atoms with Crippen molar-refractivity contribution in [1.82, 2.24) is 0 Å². The van der Waals surface area contributed by atoms with E-state index in [1.54, 1.807) is 0 Å². The number of benzene rings is 5. The standard InChI is InChI=1S/C56H74O3S/c1-31(2)40-27-42(33(5)6)52(43(28-40)34(7)8)50-25-37(13)21-46(54(50)57)48-23-39(15)24-49(56(48)59-19-17-18-20-60-16)47-22-38(14)26-51(55(47)58)53-44(35(9)10)29-41(32(3)4)30-45(53)36(11)12/h21-36,57-58H,17-20H2,1-16H3. The average molecular weight is 827 g/mol. The summed E-state index contributed by atoms with van der Waals surface area (Å²) < 4.78 is 6.96. The van der Waals surface area contributed by atoms with Crippen LogP contribution in [-0.4, -0.2) is 28.8 Å². The zero-order chi connectivity index (χ0) is 44.3. The molecule has 0 saturated heterocycles. The van der Waals surface area contributed by atoms with E-state index < -0.39 is 0 Å². The van der Waals surface area contributed by atoms with E-state index in [0.29, 0.717) is 24.2 Å². The monoisotopic (exact) mass is 827 g/mol. The molecule has 0 radical (unpaired) electrons. The number of hydrogen-bond acceptors (Lipinski definition) is 4. The van der Waals surface area contributed by atoms with Gasteiger partial charge in [0, 0.05) is 33.4 Å². The average Bonchev–Trinajstić information content (AvgIpc) is 3.18. The van der Waals surface area contributed by atoms with Crippen molar-refractivity contribution in [3.63, 3.8) is 0 Å². The van der Waals surface area contributed by atoms with Crippen LogP contribution < -0.4 is 4.74 Å². The highest BCUT2D eigenvalue weighted by Crippen LogP contribution is 2.52. The fourth-order valence-electron chi connectivity index (χ4n) is 8.73. The van der Waals surface area contributed by atoms with Gasteiger partial charge in [0.2, 0.25) is 0 Å². The van der Waals surface area contributed by atoms with E-state index in [1.165, 1.54) is 33.4 Å². The molecule has 5 aromatic carbocycles. The maximum absolute atomic E-state index is 12.7. The summed E-state index contributed by atoms with van der Waals surface area (Å²) in [4.78, 5) is 0. The van der Waals surface area contributed by atoms with Crippen LogP contribution in [0.5, 0.6) is 17.2 Å². The lowest BCUT2D eigenvalue weighted by atomic mass is 9.80. The van der Waals surface area contributed by atoms with E-state index in [4.69, 9.17) is 4.74 Å². The molecule has 0 aliphatic heterocycles. The van der Waals surface area contributed by atoms with Gasteiger partial charge in [-0.15, -0.1) is 0 Å². The molecule has 0 fully saturated rings. The Labute approximate surface area is 368 Å². The van der Waals surface area contributed by atoms with Crippen LogP contribution in [0, 0.1) is 20.8 Å². The highest BCUT2D eigenvalue weighted by atomic mass is 32.2. The molecule has 0 aromatic heterocycles. The van der Waals surface area contributed by atoms with Crippen LogP contribution in [0.25, 0.3) is 44.5 Å². The predicted octanol–water partition coefficient (Wildman–Crippen LogP) is 17.0. The van der Waals surface area contributed by atoms with Gasteiger partial charge in [0.25, 0.3) is 0 Å². The fraction of sp³-hybridized carbons (Fsp3) is 0.464. The SMILES string of the molecule is CSCCCCOc1c(-c2cc(C)cc(-c3c(C(C)C)cc(C(C)C)cc3C(C)C)c2O)cc(C)cc1-c1cc(C)cc(-c2c(C(C)C)cc(C(C)C)cc2C(C)C)c1O. The first-order valence-electron chi connectivity index (χ1n) is 22.6. The number of thioether (sulfide) groups is 1. The predicted molar refractivity (Wildman–Crippen MR) is 263 cm³/mol. The van der Waals surface area contributed by atoms with Crippen molar-refractivity contribution >= 4 is 11.8 Å². The second-order valence-electron chi connectivity index (χ2n) is 19.2. The summed E-state index contributed by atoms with van der Waals surface area (Å²) in [5, 5.41) is 25.5. The zero-order valence-corrected chi connectivity index (χ0v) is 40.6. The van der Waals surface area contributed by atoms with Gasteiger partial charge in [0.1, 0.15) is 17.2 Å². The van der Waals surface area contributed by atoms with Crippen LogP contribution in [0.1, 0.15) is 182 Å². The highest BCUT2D eigenvalue weighted by Gasteiger charge is 2.28. The van der Waals surface area contributed by atoms with Crippen molar-refractivity contribution in [2.45, 2.75) is 152 Å². The molecule has 322 valence electrons. The van der Waals surface area contributed by atoms with Gasteiger partial charge in [-0.3, -0.25) is 0 Å². The summed E-state index contributed by atoms with van der Waals surface area (Å²) in [5.41, 5.74) is 18.0. The Kier molecular flexibility index (Phi) is 15.4. The third-order valence-electron chi connectivity index (χ3n) is 12.1. The molecule has 3 nitrogen and oxygen atoms in total. The second-order valence-corrected chi connectivity index (χ2v) is 20.2. The minimum Gasteiger partial charge on any atom is -0.507 e. The molecule has 5 aromatic rings. The minimum atomic E-state index is 0.257. The quantitative estimate of drug-likeness (QED) is 0.0973. The molecule has 0 spiro atoms. The van der Waals surface area contributed by atoms with Gasteiger partial charge in [0.05, 0.1) is 6.61 Å². The summed E-state index contributed by atoms with van der Waals surface area (Å²) in [6.07, 6.45) is 4.09. The Morgan fingerprint density at radius 3 is 1.05 bits per heavy atom. The Hall–Kier alpha value is -4.15. The Morgan fingerprint density at radius 1 is 0.433 bits per heavy atom. The lowest BCUT2D eigenvalue weighted by Gasteiger charge is -2.26. The number of phenolic OH excluding ortho intramolecular Hbond substituents is 2. The second kappa shape index (κ2) is 19.7. The van der Waals surface area contributed by atoms with Gasteiger partial charge in [-0.05, 0) is 179 Å². The topological polar surface area (TPSA) is 49.7 Å². The highest BCUT2D eigenvalue weighted by molar-refractivity contribution is 7.98. The summed E-state index contributed by atoms with van der Waals surface area (Å²) in [6, 6.07) is 22.2. The van der Waals surface area contributed by atoms with Crippen molar-refractivity contribution in [2.75, 3.05) is 18.6 Å². The molecule has 0 aliphatic rings. The molecule has 0 atom stereocenters. The summed E-state index contributed by atoms with van der Waals surface area (Å²) in [6.45, 7) is 34.0. The van der Waals surface area contributed by atoms with Crippen molar-refractivity contribution in [2.24, 2.45) is 0 Å². The number of ether oxygens (including phenoxy) is 1. The minimum absolute atomic E-state index is 0.257. The van der Waals surface area contributed by atoms with Crippen LogP contribution in [-0.2, 0) is 0 Å². The van der Waals surface area contributed by atoms with Crippen LogP contribution in [0.3, 0.4) is 0 Å². The molecule has 0 bridgehead atoms. The number of phenols is 2. The smallest absolute Gasteiger partial charge is 0.135 e. The Balaban J connectivity index is 1.87. The molecule has 60 heavy (non-hydrogen) atoms. The number of hydrogen-bond donors (Lipinski definition) is 2. The molecule has 0 aliphatic carbocycles. The van der Waals surface area contributed by atoms with Crippen molar-refractivity contribution in [3.8, 4) is 61.8 Å². The number of rotatable bonds is 16. The normalized spacial score (nSPS) is 12.0. The number of aromatic hydroxyl groups is 2. The number of aryl methyl sites for hydroxylation is 3. The van der Waals surface area contributed by atoms with Gasteiger partial charge in [-0.25, -0.2) is 0 Å². The third-order valence-corrected chi connectivity index (χ3v) is 12.8. The summed E-state index contributed by atoms with van der Waals surface area (Å²) in [5.74, 6) is 4.11. The van der Waals surface area contributed by atoms with Crippen LogP contribution in [0.15, 0.2) is 60.7 Å². The van der Waals surface area contributed by atoms with Crippen LogP contribution in [0.4, 0.5) is 0 Å². The van der Waals surface area contributed by atoms with E-state index in [-0.39, 0.29) is 35.2 Å². The van der Waals surface area contributed by atoms with E-state index in [1.807, 2.05) is 11.8 Å². The van der Waals surface area contributed by atoms with Gasteiger partial charge < -0.3 is 14.9 Å². The molecule has 0 unspecified atom stereocenters. The lowest BCUT2D eigenvalue weighted by molar-refractivity contribution is 0.312. The first-order valence-corrected chi connectivity index (χ1v) is 24.0. The van der Waals surface area contributed by atoms with Gasteiger partial charge in [-0.1, -0.05) is 107 Å². The molecule has 0 amide bonds. The molecule has 0 saturated carbocycles. The van der Waals surface area contributed by atoms with Crippen molar-refractivity contribution in [1.29, 1.82) is 0 Å². The lowest BCUT2D eigenvalue weighted by Crippen LogP contribution is -2.05. The van der Waals surface area contributed by atoms with Crippen molar-refractivity contribution < 1.29 is 14.9 Å². The van der Waals surface area contributed by atoms with Gasteiger partial charge >= 0.3 is 0 Å². The van der Waals surface area contributed by atoms with E-state index in [0.717, 1.165) is 79.8 Å². The first-order chi connectivity index (χ1) is 28.3. The van der Waals surface area contributed by atoms with Crippen molar-refractivity contribution in [3.05, 3.63) is 111 Å². The summed E-state index contributed by atoms with van der Waals surface area (Å²) >= 11 is 1.85. The third kappa shape index (κ3) is 9.97. The largest absolute Gasteiger partial charge is 0.507 e. The Morgan fingerprint density at radius 2 is 0.750 bits per heavy atom. The van der Waals surface area contributed by atoms with E-state index in [9.17, 15) is 10.2 Å². The van der Waals surface area contributed by atoms with E-state index >= 15 is 0 Å². The van der Waals surface area contributed by atoms with E-state index in [2.05, 4.69) is 171 Å². The molecular weight excluding hydrogens is 753 g/mol. The Bertz CT molecular complexity index is 2090. The fourth-order valence-corrected chi connectivity index (χ4v) is 9.23. The molecule has 5 rings (SSSR count). The number of unbranched alkanes of at least 4 members (excludes halogenated alkanes) is 1. The molecule has 2 N–H and O–H groups in total. The van der Waals surface area contributed by atoms with Crippen LogP contribution in [0.2, 0.25) is 0 Å². The van der Waals surface area contributed by atoms with Gasteiger partial charge in [0.15, 0.2) is 0 Å². The maximum atomic E-state index is 12.7. The molecule has 4 heteroatoms. The van der Waals surface area contributed by atoms with Crippen LogP contribution >= 0.6 is 11.8 Å². The first kappa shape index (κ1) is 46.9. The zero-order valence-electron chi connectivity index (χ0n) is 39.8.